The number of hydrogen-bond acceptors (Lipinski definition) is 5. The number of nitrogens with one attached hydrogen (secondary N) is 1. The van der Waals surface area contributed by atoms with Crippen LogP contribution in [0.4, 0.5) is 24.5 Å². The molecule has 2 N–H and O–H groups in total. The van der Waals surface area contributed by atoms with Gasteiger partial charge in [-0.15, -0.1) is 0 Å². The number of amides is 1. The molecule has 2 aromatic rings. The second kappa shape index (κ2) is 12.0. The van der Waals surface area contributed by atoms with Gasteiger partial charge in [-0.2, -0.15) is 13.2 Å². The third-order valence-electron chi connectivity index (χ3n) is 8.14. The van der Waals surface area contributed by atoms with Crippen LogP contribution in [0.3, 0.4) is 0 Å². The van der Waals surface area contributed by atoms with Gasteiger partial charge in [0.15, 0.2) is 0 Å². The average molecular weight is 580 g/mol. The van der Waals surface area contributed by atoms with Gasteiger partial charge < -0.3 is 20.1 Å². The average Bonchev–Trinajstić information content (AvgIpc) is 3.17. The molecule has 218 valence electrons. The normalized spacial score (nSPS) is 17.6. The summed E-state index contributed by atoms with van der Waals surface area (Å²) < 4.78 is 48.9. The van der Waals surface area contributed by atoms with E-state index >= 15 is 0 Å². The van der Waals surface area contributed by atoms with E-state index < -0.39 is 23.2 Å². The van der Waals surface area contributed by atoms with Crippen molar-refractivity contribution in [3.8, 4) is 5.75 Å². The first-order chi connectivity index (χ1) is 18.9. The number of carbonyl (C=O) groups is 1. The van der Waals surface area contributed by atoms with Gasteiger partial charge in [-0.25, -0.2) is 0 Å². The molecule has 1 fully saturated rings. The van der Waals surface area contributed by atoms with Crippen LogP contribution < -0.4 is 15.0 Å². The number of hydrogen-bond donors (Lipinski definition) is 2. The lowest BCUT2D eigenvalue weighted by Crippen LogP contribution is -2.47. The van der Waals surface area contributed by atoms with Crippen molar-refractivity contribution in [3.05, 3.63) is 64.8 Å². The summed E-state index contributed by atoms with van der Waals surface area (Å²) >= 11 is 6.21. The van der Waals surface area contributed by atoms with E-state index in [0.29, 0.717) is 49.5 Å². The highest BCUT2D eigenvalue weighted by molar-refractivity contribution is 6.31. The van der Waals surface area contributed by atoms with Gasteiger partial charge in [0.1, 0.15) is 12.4 Å². The smallest absolute Gasteiger partial charge is 0.418 e. The van der Waals surface area contributed by atoms with Crippen LogP contribution in [0.25, 0.3) is 0 Å². The predicted octanol–water partition coefficient (Wildman–Crippen LogP) is 6.57. The van der Waals surface area contributed by atoms with Crippen molar-refractivity contribution >= 4 is 28.9 Å². The second-order valence-corrected chi connectivity index (χ2v) is 11.2. The van der Waals surface area contributed by atoms with Crippen LogP contribution >= 0.6 is 11.6 Å². The quantitative estimate of drug-likeness (QED) is 0.333. The Morgan fingerprint density at radius 3 is 2.52 bits per heavy atom. The number of alkyl halides is 3. The van der Waals surface area contributed by atoms with Crippen LogP contribution in [0, 0.1) is 0 Å². The zero-order valence-electron chi connectivity index (χ0n) is 23.2. The third kappa shape index (κ3) is 5.83. The Hall–Kier alpha value is -2.75. The van der Waals surface area contributed by atoms with Gasteiger partial charge in [-0.05, 0) is 85.9 Å². The Morgan fingerprint density at radius 2 is 1.95 bits per heavy atom. The summed E-state index contributed by atoms with van der Waals surface area (Å²) in [5.41, 5.74) is 0.786. The van der Waals surface area contributed by atoms with E-state index in [1.54, 1.807) is 12.1 Å². The number of rotatable bonds is 10. The summed E-state index contributed by atoms with van der Waals surface area (Å²) in [5, 5.41) is 13.4. The molecule has 2 aliphatic heterocycles. The second-order valence-electron chi connectivity index (χ2n) is 10.8. The highest BCUT2D eigenvalue weighted by Gasteiger charge is 2.48. The van der Waals surface area contributed by atoms with Crippen LogP contribution in [-0.4, -0.2) is 54.8 Å². The van der Waals surface area contributed by atoms with Crippen LogP contribution in [-0.2, 0) is 16.4 Å². The van der Waals surface area contributed by atoms with Crippen LogP contribution in [0.1, 0.15) is 62.6 Å². The molecule has 1 unspecified atom stereocenters. The number of aliphatic hydroxyl groups is 1. The molecule has 2 aliphatic rings. The van der Waals surface area contributed by atoms with Crippen molar-refractivity contribution in [2.24, 2.45) is 0 Å². The third-order valence-corrected chi connectivity index (χ3v) is 8.37. The first-order valence-corrected chi connectivity index (χ1v) is 14.1. The Labute approximate surface area is 238 Å². The number of likely N-dealkylation sites (tertiary alicyclic amines) is 1. The molecule has 0 aliphatic carbocycles. The number of carbonyl (C=O) groups excluding carboxylic acids is 1. The zero-order chi connectivity index (χ0) is 29.2. The maximum Gasteiger partial charge on any atom is 0.418 e. The molecule has 2 heterocycles. The van der Waals surface area contributed by atoms with E-state index in [4.69, 9.17) is 16.3 Å². The minimum atomic E-state index is -4.63. The monoisotopic (exact) mass is 579 g/mol. The molecule has 0 saturated carbocycles. The molecule has 40 heavy (non-hydrogen) atoms. The van der Waals surface area contributed by atoms with E-state index in [9.17, 15) is 23.1 Å². The number of nitrogens with zero attached hydrogens (tertiary/aromatic N) is 2. The van der Waals surface area contributed by atoms with Gasteiger partial charge in [0.2, 0.25) is 5.91 Å². The lowest BCUT2D eigenvalue weighted by molar-refractivity contribution is -0.137. The van der Waals surface area contributed by atoms with Crippen molar-refractivity contribution in [1.29, 1.82) is 0 Å². The lowest BCUT2D eigenvalue weighted by atomic mass is 9.73. The molecular formula is C30H37ClF3N3O3. The fourth-order valence-corrected chi connectivity index (χ4v) is 6.00. The van der Waals surface area contributed by atoms with E-state index in [0.717, 1.165) is 17.3 Å². The van der Waals surface area contributed by atoms with Gasteiger partial charge in [0.25, 0.3) is 0 Å². The Kier molecular flexibility index (Phi) is 9.07. The molecule has 0 bridgehead atoms. The molecular weight excluding hydrogens is 543 g/mol. The maximum absolute atomic E-state index is 14.3. The van der Waals surface area contributed by atoms with Crippen LogP contribution in [0.5, 0.6) is 5.75 Å². The fraction of sp³-hybridized carbons (Fsp3) is 0.500. The largest absolute Gasteiger partial charge is 0.492 e. The van der Waals surface area contributed by atoms with Crippen molar-refractivity contribution < 1.29 is 27.8 Å². The fourth-order valence-electron chi connectivity index (χ4n) is 5.83. The zero-order valence-corrected chi connectivity index (χ0v) is 23.9. The van der Waals surface area contributed by atoms with Gasteiger partial charge in [-0.3, -0.25) is 9.69 Å². The van der Waals surface area contributed by atoms with Crippen LogP contribution in [0.2, 0.25) is 5.02 Å². The van der Waals surface area contributed by atoms with E-state index in [1.807, 2.05) is 32.9 Å². The van der Waals surface area contributed by atoms with Crippen molar-refractivity contribution in [2.45, 2.75) is 63.6 Å². The van der Waals surface area contributed by atoms with Crippen molar-refractivity contribution in [3.63, 3.8) is 0 Å². The number of piperidine rings is 1. The summed E-state index contributed by atoms with van der Waals surface area (Å²) in [5.74, 6) is -0.0969. The highest BCUT2D eigenvalue weighted by Crippen LogP contribution is 2.46. The highest BCUT2D eigenvalue weighted by atomic mass is 35.5. The summed E-state index contributed by atoms with van der Waals surface area (Å²) in [7, 11) is 0. The van der Waals surface area contributed by atoms with Gasteiger partial charge in [0, 0.05) is 17.3 Å². The standard InChI is InChI=1S/C30H37ClF3N3O3/c1-5-21(18-38)37(6-2)27-23(19(3)4)16-22(17-25(27)30(32,33)34)40-14-13-36-11-9-29(10-12-36)24-15-20(31)7-8-26(24)35-28(29)39/h6-8,15-17,19,21,38H,2,5,9-14,18H2,1,3-4H3,(H,35,39). The summed E-state index contributed by atoms with van der Waals surface area (Å²) in [4.78, 5) is 16.5. The van der Waals surface area contributed by atoms with Gasteiger partial charge in [-0.1, -0.05) is 39.0 Å². The molecule has 1 amide bonds. The SMILES string of the molecule is C=CN(c1c(C(C)C)cc(OCCN2CCC3(CC2)C(=O)Nc2ccc(Cl)cc23)cc1C(F)(F)F)C(CC)CO. The predicted molar refractivity (Wildman–Crippen MR) is 152 cm³/mol. The number of ether oxygens (including phenoxy) is 1. The summed E-state index contributed by atoms with van der Waals surface area (Å²) in [6, 6.07) is 7.61. The molecule has 0 aromatic heterocycles. The minimum absolute atomic E-state index is 0.00213. The minimum Gasteiger partial charge on any atom is -0.492 e. The van der Waals surface area contributed by atoms with E-state index in [-0.39, 0.29) is 36.5 Å². The molecule has 6 nitrogen and oxygen atoms in total. The number of fused-ring (bicyclic) bond motifs is 2. The summed E-state index contributed by atoms with van der Waals surface area (Å²) in [6.45, 7) is 10.9. The van der Waals surface area contributed by atoms with Crippen LogP contribution in [0.15, 0.2) is 43.1 Å². The first kappa shape index (κ1) is 30.2. The topological polar surface area (TPSA) is 65.0 Å². The Morgan fingerprint density at radius 1 is 1.25 bits per heavy atom. The Balaban J connectivity index is 1.49. The molecule has 1 spiro atoms. The lowest BCUT2D eigenvalue weighted by Gasteiger charge is -2.38. The number of anilines is 2. The summed E-state index contributed by atoms with van der Waals surface area (Å²) in [6.07, 6.45) is -1.58. The first-order valence-electron chi connectivity index (χ1n) is 13.7. The maximum atomic E-state index is 14.3. The van der Waals surface area contributed by atoms with E-state index in [2.05, 4.69) is 16.8 Å². The number of benzene rings is 2. The van der Waals surface area contributed by atoms with Crippen molar-refractivity contribution in [2.75, 3.05) is 43.1 Å². The number of halogens is 4. The van der Waals surface area contributed by atoms with Crippen molar-refractivity contribution in [1.82, 2.24) is 4.90 Å². The molecule has 10 heteroatoms. The molecule has 0 radical (unpaired) electrons. The molecule has 2 aromatic carbocycles. The van der Waals surface area contributed by atoms with E-state index in [1.165, 1.54) is 11.1 Å². The Bertz CT molecular complexity index is 1240. The molecule has 1 atom stereocenters. The van der Waals surface area contributed by atoms with Gasteiger partial charge in [0.05, 0.1) is 29.3 Å². The molecule has 1 saturated heterocycles. The molecule has 4 rings (SSSR count). The number of aliphatic hydroxyl groups excluding tert-OH is 1. The van der Waals surface area contributed by atoms with Gasteiger partial charge >= 0.3 is 6.18 Å².